The smallest absolute Gasteiger partial charge is 0.322 e. The molecule has 0 saturated heterocycles. The first-order chi connectivity index (χ1) is 8.52. The largest absolute Gasteiger partial charge is 0.468 e. The van der Waals surface area contributed by atoms with Gasteiger partial charge in [0.05, 0.1) is 18.8 Å². The Labute approximate surface area is 130 Å². The van der Waals surface area contributed by atoms with Crippen LogP contribution in [0.2, 0.25) is 0 Å². The van der Waals surface area contributed by atoms with E-state index in [1.807, 2.05) is 37.0 Å². The highest BCUT2D eigenvalue weighted by Gasteiger charge is 2.15. The molecule has 0 aliphatic heterocycles. The Hall–Kier alpha value is -1.30. The van der Waals surface area contributed by atoms with Gasteiger partial charge in [0.1, 0.15) is 6.04 Å². The average Bonchev–Trinajstić information content (AvgIpc) is 2.70. The number of esters is 1. The van der Waals surface area contributed by atoms with E-state index in [0.717, 1.165) is 22.0 Å². The van der Waals surface area contributed by atoms with Crippen molar-refractivity contribution in [3.8, 4) is 0 Å². The predicted octanol–water partition coefficient (Wildman–Crippen LogP) is 1.77. The number of nitrogens with zero attached hydrogens (tertiary/aromatic N) is 2. The van der Waals surface area contributed by atoms with Crippen LogP contribution in [0.3, 0.4) is 0 Å². The number of nitrogens with two attached hydrogens (primary N) is 1. The third-order valence-electron chi connectivity index (χ3n) is 3.04. The number of methoxy groups -OCH3 is 1. The van der Waals surface area contributed by atoms with E-state index in [2.05, 4.69) is 9.84 Å². The fraction of sp³-hybridized carbons (Fsp3) is 0.385. The highest BCUT2D eigenvalue weighted by molar-refractivity contribution is 5.85. The minimum Gasteiger partial charge on any atom is -0.468 e. The molecule has 2 aromatic rings. The van der Waals surface area contributed by atoms with Gasteiger partial charge in [0.25, 0.3) is 0 Å². The van der Waals surface area contributed by atoms with E-state index in [1.54, 1.807) is 0 Å². The van der Waals surface area contributed by atoms with Crippen LogP contribution >= 0.6 is 24.8 Å². The third kappa shape index (κ3) is 3.62. The van der Waals surface area contributed by atoms with E-state index >= 15 is 0 Å². The first kappa shape index (κ1) is 18.7. The van der Waals surface area contributed by atoms with Crippen LogP contribution in [0.5, 0.6) is 0 Å². The minimum atomic E-state index is -0.622. The van der Waals surface area contributed by atoms with E-state index in [-0.39, 0.29) is 30.8 Å². The molecule has 0 spiro atoms. The number of halogens is 2. The molecule has 1 atom stereocenters. The first-order valence-corrected chi connectivity index (χ1v) is 5.77. The summed E-state index contributed by atoms with van der Waals surface area (Å²) in [6.07, 6.45) is 2.29. The van der Waals surface area contributed by atoms with Crippen molar-refractivity contribution in [2.24, 2.45) is 12.8 Å². The molecule has 112 valence electrons. The van der Waals surface area contributed by atoms with Crippen molar-refractivity contribution in [3.05, 3.63) is 29.5 Å². The Bertz CT molecular complexity index is 599. The van der Waals surface area contributed by atoms with Gasteiger partial charge in [0, 0.05) is 12.4 Å². The van der Waals surface area contributed by atoms with Gasteiger partial charge in [0.2, 0.25) is 0 Å². The average molecular weight is 320 g/mol. The van der Waals surface area contributed by atoms with Crippen LogP contribution in [0.15, 0.2) is 18.3 Å². The number of rotatable bonds is 3. The second kappa shape index (κ2) is 7.47. The van der Waals surface area contributed by atoms with Crippen LogP contribution in [-0.4, -0.2) is 28.9 Å². The van der Waals surface area contributed by atoms with Crippen molar-refractivity contribution in [1.82, 2.24) is 9.78 Å². The molecule has 0 aliphatic rings. The summed E-state index contributed by atoms with van der Waals surface area (Å²) in [4.78, 5) is 11.3. The normalized spacial score (nSPS) is 11.4. The zero-order valence-electron chi connectivity index (χ0n) is 11.6. The monoisotopic (exact) mass is 319 g/mol. The summed E-state index contributed by atoms with van der Waals surface area (Å²) in [5.74, 6) is -0.390. The molecule has 20 heavy (non-hydrogen) atoms. The molecule has 0 aliphatic carbocycles. The summed E-state index contributed by atoms with van der Waals surface area (Å²) in [6.45, 7) is 2.02. The topological polar surface area (TPSA) is 70.1 Å². The molecule has 0 radical (unpaired) electrons. The van der Waals surface area contributed by atoms with E-state index in [4.69, 9.17) is 5.73 Å². The molecule has 7 heteroatoms. The van der Waals surface area contributed by atoms with E-state index < -0.39 is 6.04 Å². The lowest BCUT2D eigenvalue weighted by molar-refractivity contribution is -0.142. The van der Waals surface area contributed by atoms with E-state index in [1.165, 1.54) is 7.11 Å². The van der Waals surface area contributed by atoms with Gasteiger partial charge in [0.15, 0.2) is 0 Å². The SMILES string of the molecule is COC(=O)[C@H](N)Cc1cc(C)c2c(cnn2C)c1.Cl.Cl. The maximum Gasteiger partial charge on any atom is 0.322 e. The van der Waals surface area contributed by atoms with E-state index in [0.29, 0.717) is 6.42 Å². The summed E-state index contributed by atoms with van der Waals surface area (Å²) in [7, 11) is 3.26. The van der Waals surface area contributed by atoms with Crippen molar-refractivity contribution >= 4 is 41.7 Å². The molecule has 0 bridgehead atoms. The van der Waals surface area contributed by atoms with Gasteiger partial charge in [-0.25, -0.2) is 0 Å². The second-order valence-electron chi connectivity index (χ2n) is 4.45. The Kier molecular flexibility index (Phi) is 6.99. The van der Waals surface area contributed by atoms with Crippen LogP contribution in [0.25, 0.3) is 10.9 Å². The number of carbonyl (C=O) groups is 1. The summed E-state index contributed by atoms with van der Waals surface area (Å²) in [5, 5.41) is 5.28. The van der Waals surface area contributed by atoms with Crippen molar-refractivity contribution in [3.63, 3.8) is 0 Å². The van der Waals surface area contributed by atoms with Gasteiger partial charge in [-0.2, -0.15) is 5.10 Å². The molecule has 2 N–H and O–H groups in total. The number of aryl methyl sites for hydroxylation is 2. The molecule has 0 fully saturated rings. The van der Waals surface area contributed by atoms with Gasteiger partial charge in [-0.3, -0.25) is 9.48 Å². The number of carbonyl (C=O) groups excluding carboxylic acids is 1. The zero-order chi connectivity index (χ0) is 13.3. The number of ether oxygens (including phenoxy) is 1. The summed E-state index contributed by atoms with van der Waals surface area (Å²) in [6, 6.07) is 3.42. The Morgan fingerprint density at radius 3 is 2.70 bits per heavy atom. The minimum absolute atomic E-state index is 0. The van der Waals surface area contributed by atoms with Crippen molar-refractivity contribution in [1.29, 1.82) is 0 Å². The fourth-order valence-electron chi connectivity index (χ4n) is 2.24. The molecule has 0 saturated carbocycles. The second-order valence-corrected chi connectivity index (χ2v) is 4.45. The standard InChI is InChI=1S/C13H17N3O2.2ClH/c1-8-4-9(6-11(14)13(17)18-3)5-10-7-15-16(2)12(8)10;;/h4-5,7,11H,6,14H2,1-3H3;2*1H/t11-;;/m1../s1. The van der Waals surface area contributed by atoms with Crippen molar-refractivity contribution in [2.45, 2.75) is 19.4 Å². The van der Waals surface area contributed by atoms with Crippen LogP contribution in [0.1, 0.15) is 11.1 Å². The molecule has 2 rings (SSSR count). The van der Waals surface area contributed by atoms with Crippen LogP contribution in [0, 0.1) is 6.92 Å². The number of benzene rings is 1. The first-order valence-electron chi connectivity index (χ1n) is 5.77. The lowest BCUT2D eigenvalue weighted by atomic mass is 10.0. The summed E-state index contributed by atoms with van der Waals surface area (Å²) >= 11 is 0. The quantitative estimate of drug-likeness (QED) is 0.875. The molecule has 0 unspecified atom stereocenters. The molecule has 1 aromatic carbocycles. The maximum absolute atomic E-state index is 11.3. The maximum atomic E-state index is 11.3. The molecular weight excluding hydrogens is 301 g/mol. The zero-order valence-corrected chi connectivity index (χ0v) is 13.3. The van der Waals surface area contributed by atoms with Crippen molar-refractivity contribution in [2.75, 3.05) is 7.11 Å². The molecule has 5 nitrogen and oxygen atoms in total. The number of fused-ring (bicyclic) bond motifs is 1. The van der Waals surface area contributed by atoms with Crippen LogP contribution < -0.4 is 5.73 Å². The highest BCUT2D eigenvalue weighted by Crippen LogP contribution is 2.20. The molecular formula is C13H19Cl2N3O2. The van der Waals surface area contributed by atoms with Crippen LogP contribution in [0.4, 0.5) is 0 Å². The third-order valence-corrected chi connectivity index (χ3v) is 3.04. The Balaban J connectivity index is 0.00000180. The van der Waals surface area contributed by atoms with Gasteiger partial charge in [-0.05, 0) is 30.5 Å². The summed E-state index contributed by atoms with van der Waals surface area (Å²) in [5.41, 5.74) is 9.01. The van der Waals surface area contributed by atoms with Crippen molar-refractivity contribution < 1.29 is 9.53 Å². The van der Waals surface area contributed by atoms with Gasteiger partial charge in [-0.1, -0.05) is 6.07 Å². The fourth-order valence-corrected chi connectivity index (χ4v) is 2.24. The predicted molar refractivity (Wildman–Crippen MR) is 83.6 cm³/mol. The molecule has 1 heterocycles. The van der Waals surface area contributed by atoms with Gasteiger partial charge >= 0.3 is 5.97 Å². The number of hydrogen-bond acceptors (Lipinski definition) is 4. The number of hydrogen-bond donors (Lipinski definition) is 1. The molecule has 0 amide bonds. The summed E-state index contributed by atoms with van der Waals surface area (Å²) < 4.78 is 6.47. The highest BCUT2D eigenvalue weighted by atomic mass is 35.5. The Morgan fingerprint density at radius 1 is 1.45 bits per heavy atom. The lowest BCUT2D eigenvalue weighted by Gasteiger charge is -2.10. The van der Waals surface area contributed by atoms with Crippen LogP contribution in [-0.2, 0) is 23.0 Å². The number of aromatic nitrogens is 2. The Morgan fingerprint density at radius 2 is 2.10 bits per heavy atom. The van der Waals surface area contributed by atoms with Gasteiger partial charge < -0.3 is 10.5 Å². The van der Waals surface area contributed by atoms with E-state index in [9.17, 15) is 4.79 Å². The lowest BCUT2D eigenvalue weighted by Crippen LogP contribution is -2.33. The molecule has 1 aromatic heterocycles. The van der Waals surface area contributed by atoms with Gasteiger partial charge in [-0.15, -0.1) is 24.8 Å².